The molecule has 0 aromatic carbocycles. The van der Waals surface area contributed by atoms with E-state index in [1.807, 2.05) is 0 Å². The molecule has 0 amide bonds. The van der Waals surface area contributed by atoms with Gasteiger partial charge in [0, 0.05) is 20.6 Å². The van der Waals surface area contributed by atoms with E-state index in [9.17, 15) is 0 Å². The number of aliphatic hydroxyl groups excluding tert-OH is 2. The van der Waals surface area contributed by atoms with E-state index in [0.717, 1.165) is 0 Å². The molecule has 0 atom stereocenters. The van der Waals surface area contributed by atoms with E-state index in [1.54, 1.807) is 36.2 Å². The van der Waals surface area contributed by atoms with Crippen molar-refractivity contribution in [2.45, 2.75) is 0 Å². The van der Waals surface area contributed by atoms with Gasteiger partial charge < -0.3 is 15.5 Å². The van der Waals surface area contributed by atoms with Gasteiger partial charge >= 0.3 is 10.4 Å². The van der Waals surface area contributed by atoms with Crippen molar-refractivity contribution in [3.63, 3.8) is 0 Å². The summed E-state index contributed by atoms with van der Waals surface area (Å²) in [4.78, 5) is 8.75. The maximum Gasteiger partial charge on any atom is 0.394 e. The lowest BCUT2D eigenvalue weighted by Crippen LogP contribution is -2.24. The van der Waals surface area contributed by atoms with Crippen LogP contribution in [0.3, 0.4) is 0 Å². The SMILES string of the molecule is CN1N=CC(=N/c2cnn(C)c2NCCO)/C1=N\CCO.O=S(=O)(O)O. The Labute approximate surface area is 150 Å². The minimum atomic E-state index is -4.67. The number of aliphatic hydroxyl groups is 2. The molecule has 5 N–H and O–H groups in total. The van der Waals surface area contributed by atoms with Gasteiger partial charge in [0.25, 0.3) is 0 Å². The molecule has 2 rings (SSSR count). The number of hydrazone groups is 1. The molecule has 1 aliphatic rings. The van der Waals surface area contributed by atoms with Crippen LogP contribution in [0.2, 0.25) is 0 Å². The average Bonchev–Trinajstić information content (AvgIpc) is 3.06. The maximum absolute atomic E-state index is 8.91. The van der Waals surface area contributed by atoms with Crippen molar-refractivity contribution in [2.75, 3.05) is 38.7 Å². The number of aliphatic imine (C=N–C) groups is 2. The highest BCUT2D eigenvalue weighted by molar-refractivity contribution is 7.79. The largest absolute Gasteiger partial charge is 0.395 e. The Bertz CT molecular complexity index is 778. The molecule has 1 aromatic rings. The molecule has 0 aliphatic carbocycles. The van der Waals surface area contributed by atoms with Crippen LogP contribution in [-0.4, -0.2) is 93.6 Å². The second-order valence-corrected chi connectivity index (χ2v) is 5.69. The number of nitrogens with zero attached hydrogens (tertiary/aromatic N) is 6. The lowest BCUT2D eigenvalue weighted by Gasteiger charge is -2.09. The summed E-state index contributed by atoms with van der Waals surface area (Å²) in [7, 11) is -1.11. The lowest BCUT2D eigenvalue weighted by atomic mass is 10.3. The Hall–Kier alpha value is -2.39. The summed E-state index contributed by atoms with van der Waals surface area (Å²) in [5.74, 6) is 1.31. The third kappa shape index (κ3) is 7.24. The molecule has 14 heteroatoms. The summed E-state index contributed by atoms with van der Waals surface area (Å²) < 4.78 is 33.2. The highest BCUT2D eigenvalue weighted by Crippen LogP contribution is 2.24. The van der Waals surface area contributed by atoms with Crippen molar-refractivity contribution in [2.24, 2.45) is 22.1 Å². The fraction of sp³-hybridized carbons (Fsp3) is 0.500. The molecule has 1 aliphatic heterocycles. The normalized spacial score (nSPS) is 16.9. The molecule has 0 fully saturated rings. The van der Waals surface area contributed by atoms with Crippen molar-refractivity contribution < 1.29 is 27.7 Å². The van der Waals surface area contributed by atoms with E-state index in [0.29, 0.717) is 36.1 Å². The molecule has 0 radical (unpaired) electrons. The van der Waals surface area contributed by atoms with E-state index in [2.05, 4.69) is 25.5 Å². The standard InChI is InChI=1S/C12H19N7O2.H2O4S/c1-18-11(13-3-5-20)9(7-15-18)17-10-8-16-19(2)12(10)14-4-6-21;1-5(2,3)4/h7-8,13,20-21H,3-6H2,1-2H3;(H2,1,2,3,4)/b14-12+,17-10-;. The van der Waals surface area contributed by atoms with Gasteiger partial charge in [0.15, 0.2) is 5.84 Å². The first-order chi connectivity index (χ1) is 12.2. The smallest absolute Gasteiger partial charge is 0.394 e. The van der Waals surface area contributed by atoms with Crippen LogP contribution >= 0.6 is 0 Å². The third-order valence-electron chi connectivity index (χ3n) is 2.82. The highest BCUT2D eigenvalue weighted by atomic mass is 32.3. The number of aromatic nitrogens is 2. The molecular weight excluding hydrogens is 370 g/mol. The molecule has 0 saturated carbocycles. The van der Waals surface area contributed by atoms with Gasteiger partial charge in [-0.05, 0) is 0 Å². The number of rotatable bonds is 6. The van der Waals surface area contributed by atoms with E-state index < -0.39 is 10.4 Å². The van der Waals surface area contributed by atoms with Crippen LogP contribution in [-0.2, 0) is 17.4 Å². The molecule has 0 spiro atoms. The molecular formula is C12H21N7O6S. The van der Waals surface area contributed by atoms with E-state index in [1.165, 1.54) is 0 Å². The van der Waals surface area contributed by atoms with Crippen LogP contribution in [0.4, 0.5) is 11.5 Å². The van der Waals surface area contributed by atoms with Crippen molar-refractivity contribution in [3.8, 4) is 0 Å². The number of aryl methyl sites for hydroxylation is 1. The Morgan fingerprint density at radius 1 is 1.23 bits per heavy atom. The second-order valence-electron chi connectivity index (χ2n) is 4.79. The Morgan fingerprint density at radius 3 is 2.46 bits per heavy atom. The number of anilines is 1. The molecule has 2 heterocycles. The van der Waals surface area contributed by atoms with Crippen molar-refractivity contribution in [3.05, 3.63) is 6.20 Å². The van der Waals surface area contributed by atoms with Gasteiger partial charge in [0.1, 0.15) is 17.2 Å². The van der Waals surface area contributed by atoms with Gasteiger partial charge in [-0.2, -0.15) is 18.6 Å². The summed E-state index contributed by atoms with van der Waals surface area (Å²) in [5.41, 5.74) is 1.24. The summed E-state index contributed by atoms with van der Waals surface area (Å²) in [6.07, 6.45) is 3.24. The Kier molecular flexibility index (Phi) is 8.27. The minimum absolute atomic E-state index is 0.0224. The summed E-state index contributed by atoms with van der Waals surface area (Å²) >= 11 is 0. The molecule has 13 nitrogen and oxygen atoms in total. The molecule has 146 valence electrons. The van der Waals surface area contributed by atoms with Crippen LogP contribution in [0.25, 0.3) is 0 Å². The number of hydrogen-bond donors (Lipinski definition) is 5. The molecule has 0 unspecified atom stereocenters. The average molecular weight is 391 g/mol. The van der Waals surface area contributed by atoms with Crippen LogP contribution in [0.1, 0.15) is 0 Å². The first kappa shape index (κ1) is 21.7. The fourth-order valence-corrected chi connectivity index (χ4v) is 1.85. The molecule has 1 aromatic heterocycles. The number of amidine groups is 1. The minimum Gasteiger partial charge on any atom is -0.395 e. The first-order valence-corrected chi connectivity index (χ1v) is 8.65. The maximum atomic E-state index is 8.91. The first-order valence-electron chi connectivity index (χ1n) is 7.26. The zero-order valence-electron chi connectivity index (χ0n) is 14.2. The zero-order chi connectivity index (χ0) is 19.7. The van der Waals surface area contributed by atoms with Gasteiger partial charge in [-0.25, -0.2) is 10.0 Å². The zero-order valence-corrected chi connectivity index (χ0v) is 15.0. The van der Waals surface area contributed by atoms with Crippen LogP contribution < -0.4 is 5.32 Å². The van der Waals surface area contributed by atoms with E-state index in [-0.39, 0.29) is 13.2 Å². The van der Waals surface area contributed by atoms with Gasteiger partial charge in [0.05, 0.1) is 32.2 Å². The highest BCUT2D eigenvalue weighted by Gasteiger charge is 2.19. The van der Waals surface area contributed by atoms with Crippen LogP contribution in [0.15, 0.2) is 21.3 Å². The summed E-state index contributed by atoms with van der Waals surface area (Å²) in [5, 5.41) is 30.7. The van der Waals surface area contributed by atoms with Crippen LogP contribution in [0, 0.1) is 0 Å². The second kappa shape index (κ2) is 9.93. The summed E-state index contributed by atoms with van der Waals surface area (Å²) in [6, 6.07) is 0. The Balaban J connectivity index is 0.000000597. The summed E-state index contributed by atoms with van der Waals surface area (Å²) in [6.45, 7) is 0.705. The quantitative estimate of drug-likeness (QED) is 0.362. The Morgan fingerprint density at radius 2 is 1.88 bits per heavy atom. The fourth-order valence-electron chi connectivity index (χ4n) is 1.85. The number of nitrogens with one attached hydrogen (secondary N) is 1. The van der Waals surface area contributed by atoms with Gasteiger partial charge in [-0.1, -0.05) is 0 Å². The molecule has 0 saturated heterocycles. The van der Waals surface area contributed by atoms with E-state index >= 15 is 0 Å². The van der Waals surface area contributed by atoms with Crippen LogP contribution in [0.5, 0.6) is 0 Å². The van der Waals surface area contributed by atoms with E-state index in [4.69, 9.17) is 27.7 Å². The van der Waals surface area contributed by atoms with Gasteiger partial charge in [-0.15, -0.1) is 0 Å². The monoisotopic (exact) mass is 391 g/mol. The predicted octanol–water partition coefficient (Wildman–Crippen LogP) is -1.43. The van der Waals surface area contributed by atoms with Crippen molar-refractivity contribution in [1.29, 1.82) is 0 Å². The molecule has 0 bridgehead atoms. The van der Waals surface area contributed by atoms with Crippen molar-refractivity contribution >= 4 is 39.7 Å². The van der Waals surface area contributed by atoms with Crippen molar-refractivity contribution in [1.82, 2.24) is 14.8 Å². The predicted molar refractivity (Wildman–Crippen MR) is 95.7 cm³/mol. The van der Waals surface area contributed by atoms with Gasteiger partial charge in [0.2, 0.25) is 0 Å². The molecule has 26 heavy (non-hydrogen) atoms. The topological polar surface area (TPSA) is 185 Å². The lowest BCUT2D eigenvalue weighted by molar-refractivity contribution is 0.306. The van der Waals surface area contributed by atoms with Gasteiger partial charge in [-0.3, -0.25) is 18.8 Å². The third-order valence-corrected chi connectivity index (χ3v) is 2.82. The number of hydrogen-bond acceptors (Lipinski definition) is 9.